The molecule has 0 aliphatic rings. The van der Waals surface area contributed by atoms with E-state index in [9.17, 15) is 0 Å². The summed E-state index contributed by atoms with van der Waals surface area (Å²) in [4.78, 5) is 0. The molecule has 0 radical (unpaired) electrons. The summed E-state index contributed by atoms with van der Waals surface area (Å²) in [6.45, 7) is 22.5. The molecular weight excluding hydrogens is 801 g/mol. The Hall–Kier alpha value is -7.16. The topological polar surface area (TPSA) is 26.3 Å². The Labute approximate surface area is 386 Å². The Morgan fingerprint density at radius 2 is 0.682 bits per heavy atom. The van der Waals surface area contributed by atoms with Crippen LogP contribution in [-0.2, 0) is 10.8 Å². The van der Waals surface area contributed by atoms with E-state index in [0.29, 0.717) is 0 Å². The van der Waals surface area contributed by atoms with Crippen LogP contribution in [0.1, 0.15) is 74.9 Å². The van der Waals surface area contributed by atoms with Gasteiger partial charge in [0.05, 0.1) is 0 Å². The number of furan rings is 2. The zero-order valence-electron chi connectivity index (χ0n) is 39.7. The number of benzene rings is 10. The summed E-state index contributed by atoms with van der Waals surface area (Å²) in [5.74, 6) is 0. The van der Waals surface area contributed by atoms with Gasteiger partial charge in [0.15, 0.2) is 0 Å². The molecule has 12 rings (SSSR count). The molecule has 0 aliphatic carbocycles. The van der Waals surface area contributed by atoms with E-state index >= 15 is 0 Å². The molecule has 10 aromatic carbocycles. The fraction of sp³-hybridized carbons (Fsp3) is 0.188. The van der Waals surface area contributed by atoms with Gasteiger partial charge in [0.25, 0.3) is 0 Å². The van der Waals surface area contributed by atoms with Crippen molar-refractivity contribution in [2.24, 2.45) is 0 Å². The van der Waals surface area contributed by atoms with Gasteiger partial charge in [-0.25, -0.2) is 0 Å². The normalized spacial score (nSPS) is 12.7. The second kappa shape index (κ2) is 14.2. The van der Waals surface area contributed by atoms with Crippen molar-refractivity contribution in [1.29, 1.82) is 0 Å². The van der Waals surface area contributed by atoms with Crippen molar-refractivity contribution in [1.82, 2.24) is 0 Å². The van der Waals surface area contributed by atoms with Crippen LogP contribution < -0.4 is 0 Å². The molecule has 2 aromatic heterocycles. The van der Waals surface area contributed by atoms with Crippen molar-refractivity contribution >= 4 is 76.2 Å². The molecular formula is C64H54O2. The van der Waals surface area contributed by atoms with E-state index in [1.807, 2.05) is 0 Å². The fourth-order valence-electron chi connectivity index (χ4n) is 11.2. The Morgan fingerprint density at radius 1 is 0.333 bits per heavy atom. The highest BCUT2D eigenvalue weighted by Crippen LogP contribution is 2.52. The van der Waals surface area contributed by atoms with E-state index in [1.54, 1.807) is 0 Å². The molecule has 0 N–H and O–H groups in total. The smallest absolute Gasteiger partial charge is 0.143 e. The molecule has 2 heteroatoms. The lowest BCUT2D eigenvalue weighted by Crippen LogP contribution is -2.10. The van der Waals surface area contributed by atoms with Crippen molar-refractivity contribution in [2.45, 2.75) is 80.1 Å². The third-order valence-electron chi connectivity index (χ3n) is 14.6. The second-order valence-corrected chi connectivity index (χ2v) is 21.1. The maximum absolute atomic E-state index is 7.24. The van der Waals surface area contributed by atoms with Gasteiger partial charge in [-0.05, 0) is 176 Å². The Balaban J connectivity index is 1.23. The lowest BCUT2D eigenvalue weighted by Gasteiger charge is -2.21. The minimum atomic E-state index is 0.0318. The van der Waals surface area contributed by atoms with Gasteiger partial charge < -0.3 is 8.83 Å². The Bertz CT molecular complexity index is 3650. The third kappa shape index (κ3) is 6.07. The lowest BCUT2D eigenvalue weighted by molar-refractivity contribution is 0.590. The van der Waals surface area contributed by atoms with Gasteiger partial charge in [-0.15, -0.1) is 0 Å². The van der Waals surface area contributed by atoms with Crippen LogP contribution in [-0.4, -0.2) is 0 Å². The zero-order chi connectivity index (χ0) is 45.6. The van der Waals surface area contributed by atoms with Gasteiger partial charge >= 0.3 is 0 Å². The average molecular weight is 855 g/mol. The van der Waals surface area contributed by atoms with Gasteiger partial charge in [0.1, 0.15) is 22.3 Å². The number of rotatable bonds is 4. The van der Waals surface area contributed by atoms with E-state index in [2.05, 4.69) is 215 Å². The van der Waals surface area contributed by atoms with Crippen molar-refractivity contribution in [3.8, 4) is 44.5 Å². The molecule has 0 spiro atoms. The van der Waals surface area contributed by atoms with Crippen LogP contribution in [0.3, 0.4) is 0 Å². The Kier molecular flexibility index (Phi) is 8.66. The number of fused-ring (bicyclic) bond motifs is 8. The van der Waals surface area contributed by atoms with Crippen molar-refractivity contribution in [3.05, 3.63) is 179 Å². The summed E-state index contributed by atoms with van der Waals surface area (Å²) >= 11 is 0. The first-order valence-corrected chi connectivity index (χ1v) is 23.5. The highest BCUT2D eigenvalue weighted by Gasteiger charge is 2.27. The highest BCUT2D eigenvalue weighted by molar-refractivity contribution is 6.39. The summed E-state index contributed by atoms with van der Waals surface area (Å²) in [5.41, 5.74) is 20.9. The van der Waals surface area contributed by atoms with Crippen LogP contribution in [0.5, 0.6) is 0 Å². The van der Waals surface area contributed by atoms with E-state index in [0.717, 1.165) is 54.6 Å². The van der Waals surface area contributed by atoms with E-state index in [-0.39, 0.29) is 10.8 Å². The highest BCUT2D eigenvalue weighted by atomic mass is 16.3. The summed E-state index contributed by atoms with van der Waals surface area (Å²) in [6, 6.07) is 54.8. The molecule has 66 heavy (non-hydrogen) atoms. The maximum atomic E-state index is 7.24. The minimum absolute atomic E-state index is 0.0318. The van der Waals surface area contributed by atoms with Crippen LogP contribution >= 0.6 is 0 Å². The summed E-state index contributed by atoms with van der Waals surface area (Å²) < 4.78 is 14.5. The average Bonchev–Trinajstić information content (AvgIpc) is 3.84. The molecule has 322 valence electrons. The summed E-state index contributed by atoms with van der Waals surface area (Å²) in [5, 5.41) is 11.5. The van der Waals surface area contributed by atoms with Crippen molar-refractivity contribution in [3.63, 3.8) is 0 Å². The monoisotopic (exact) mass is 854 g/mol. The fourth-order valence-corrected chi connectivity index (χ4v) is 11.2. The molecule has 0 atom stereocenters. The first kappa shape index (κ1) is 40.4. The summed E-state index contributed by atoms with van der Waals surface area (Å²) in [7, 11) is 0. The van der Waals surface area contributed by atoms with Crippen LogP contribution in [0.4, 0.5) is 0 Å². The SMILES string of the molecule is Cc1cccc(C)c1-c1ccc2c(c1)oc1c2cc2cc(-c3ccc(C(C)(C)C)cc3)c3c4oc5cc(-c6c(C)cccc6C)ccc5c4cc4cc(-c5ccc(C(C)(C)C)cc5)c1c2c43. The first-order valence-electron chi connectivity index (χ1n) is 23.5. The van der Waals surface area contributed by atoms with Crippen LogP contribution in [0.15, 0.2) is 154 Å². The molecule has 0 amide bonds. The molecule has 2 heterocycles. The van der Waals surface area contributed by atoms with E-state index < -0.39 is 0 Å². The Morgan fingerprint density at radius 3 is 1.03 bits per heavy atom. The molecule has 2 nitrogen and oxygen atoms in total. The number of aryl methyl sites for hydroxylation is 4. The maximum Gasteiger partial charge on any atom is 0.143 e. The lowest BCUT2D eigenvalue weighted by atomic mass is 9.82. The van der Waals surface area contributed by atoms with E-state index in [4.69, 9.17) is 8.83 Å². The standard InChI is InChI=1S/C64H54O2/c1-35-13-11-14-36(2)55(35)41-21-27-47-51-31-43-29-50(40-19-25-46(26-20-40)64(8,9)10)60-58-44(32-52-48-28-22-42(34-54(48)66-62(52)60)56-37(3)15-12-16-38(56)4)30-49(39-17-23-45(24-18-39)63(5,6)7)59(57(43)58)61(51)65-53(47)33-41/h11-34H,1-10H3. The zero-order valence-corrected chi connectivity index (χ0v) is 39.7. The molecule has 0 saturated carbocycles. The number of hydrogen-bond acceptors (Lipinski definition) is 2. The van der Waals surface area contributed by atoms with Gasteiger partial charge in [0, 0.05) is 43.1 Å². The van der Waals surface area contributed by atoms with Crippen LogP contribution in [0, 0.1) is 27.7 Å². The third-order valence-corrected chi connectivity index (χ3v) is 14.6. The quantitative estimate of drug-likeness (QED) is 0.165. The predicted molar refractivity (Wildman–Crippen MR) is 283 cm³/mol. The van der Waals surface area contributed by atoms with Crippen LogP contribution in [0.25, 0.3) is 121 Å². The molecule has 0 bridgehead atoms. The predicted octanol–water partition coefficient (Wildman–Crippen LogP) is 18.9. The van der Waals surface area contributed by atoms with Crippen molar-refractivity contribution < 1.29 is 8.83 Å². The number of hydrogen-bond donors (Lipinski definition) is 0. The first-order chi connectivity index (χ1) is 31.6. The van der Waals surface area contributed by atoms with Crippen molar-refractivity contribution in [2.75, 3.05) is 0 Å². The minimum Gasteiger partial charge on any atom is -0.455 e. The molecule has 12 aromatic rings. The largest absolute Gasteiger partial charge is 0.455 e. The van der Waals surface area contributed by atoms with E-state index in [1.165, 1.54) is 99.4 Å². The molecule has 0 fully saturated rings. The van der Waals surface area contributed by atoms with Crippen LogP contribution in [0.2, 0.25) is 0 Å². The summed E-state index contributed by atoms with van der Waals surface area (Å²) in [6.07, 6.45) is 0. The molecule has 0 aliphatic heterocycles. The molecule has 0 unspecified atom stereocenters. The molecule has 0 saturated heterocycles. The van der Waals surface area contributed by atoms with Gasteiger partial charge in [0.2, 0.25) is 0 Å². The van der Waals surface area contributed by atoms with Gasteiger partial charge in [-0.2, -0.15) is 0 Å². The van der Waals surface area contributed by atoms with Gasteiger partial charge in [-0.3, -0.25) is 0 Å². The van der Waals surface area contributed by atoms with Gasteiger partial charge in [-0.1, -0.05) is 139 Å². The second-order valence-electron chi connectivity index (χ2n) is 21.1.